The Kier molecular flexibility index (Phi) is 3.80. The molecule has 1 fully saturated rings. The fourth-order valence-corrected chi connectivity index (χ4v) is 2.35. The summed E-state index contributed by atoms with van der Waals surface area (Å²) in [7, 11) is 0. The molecular weight excluding hydrogens is 257 g/mol. The Bertz CT molecular complexity index is 473. The van der Waals surface area contributed by atoms with Crippen LogP contribution in [0.25, 0.3) is 0 Å². The topological polar surface area (TPSA) is 32.3 Å². The summed E-state index contributed by atoms with van der Waals surface area (Å²) in [6, 6.07) is 6.63. The van der Waals surface area contributed by atoms with Crippen molar-refractivity contribution >= 4 is 5.91 Å². The van der Waals surface area contributed by atoms with Gasteiger partial charge in [-0.15, -0.1) is 0 Å². The molecule has 1 amide bonds. The number of piperazine rings is 1. The van der Waals surface area contributed by atoms with Gasteiger partial charge in [-0.3, -0.25) is 4.79 Å². The number of halogens is 3. The highest BCUT2D eigenvalue weighted by molar-refractivity contribution is 5.82. The van der Waals surface area contributed by atoms with Crippen molar-refractivity contribution in [1.29, 1.82) is 0 Å². The van der Waals surface area contributed by atoms with E-state index in [0.29, 0.717) is 13.1 Å². The number of hydrogen-bond donors (Lipinski definition) is 1. The number of carbonyl (C=O) groups is 1. The molecule has 1 saturated heterocycles. The van der Waals surface area contributed by atoms with E-state index in [-0.39, 0.29) is 6.54 Å². The second-order valence-corrected chi connectivity index (χ2v) is 4.57. The highest BCUT2D eigenvalue weighted by Crippen LogP contribution is 2.29. The predicted octanol–water partition coefficient (Wildman–Crippen LogP) is 2.03. The molecule has 6 heteroatoms. The van der Waals surface area contributed by atoms with Crippen LogP contribution in [0.3, 0.4) is 0 Å². The number of amides is 1. The van der Waals surface area contributed by atoms with Crippen molar-refractivity contribution in [2.45, 2.75) is 19.1 Å². The van der Waals surface area contributed by atoms with Gasteiger partial charge in [0, 0.05) is 19.6 Å². The monoisotopic (exact) mass is 272 g/mol. The number of carbonyl (C=O) groups excluding carboxylic acids is 1. The molecular formula is C13H15F3N2O. The fraction of sp³-hybridized carbons (Fsp3) is 0.462. The second kappa shape index (κ2) is 5.21. The van der Waals surface area contributed by atoms with Gasteiger partial charge in [-0.05, 0) is 18.1 Å². The van der Waals surface area contributed by atoms with E-state index in [4.69, 9.17) is 0 Å². The molecule has 1 aromatic rings. The molecule has 0 radical (unpaired) electrons. The van der Waals surface area contributed by atoms with Crippen molar-refractivity contribution in [2.75, 3.05) is 19.6 Å². The first-order chi connectivity index (χ1) is 8.91. The Morgan fingerprint density at radius 1 is 1.37 bits per heavy atom. The molecule has 0 aliphatic carbocycles. The van der Waals surface area contributed by atoms with Gasteiger partial charge in [0.25, 0.3) is 0 Å². The zero-order valence-corrected chi connectivity index (χ0v) is 10.5. The molecule has 1 unspecified atom stereocenters. The standard InChI is InChI=1S/C13H15F3N2O/c1-9-4-2-3-5-10(9)11-8-17-6-7-18(11)12(19)13(14,15)16/h2-5,11,17H,6-8H2,1H3. The molecule has 1 aromatic carbocycles. The molecule has 1 aliphatic rings. The van der Waals surface area contributed by atoms with E-state index in [9.17, 15) is 18.0 Å². The van der Waals surface area contributed by atoms with Gasteiger partial charge in [-0.1, -0.05) is 24.3 Å². The van der Waals surface area contributed by atoms with Crippen molar-refractivity contribution in [3.63, 3.8) is 0 Å². The summed E-state index contributed by atoms with van der Waals surface area (Å²) in [6.07, 6.45) is -4.82. The van der Waals surface area contributed by atoms with Crippen molar-refractivity contribution in [3.05, 3.63) is 35.4 Å². The number of rotatable bonds is 1. The third kappa shape index (κ3) is 2.89. The van der Waals surface area contributed by atoms with Crippen LogP contribution in [0.1, 0.15) is 17.2 Å². The minimum atomic E-state index is -4.82. The van der Waals surface area contributed by atoms with Crippen LogP contribution in [0.2, 0.25) is 0 Å². The summed E-state index contributed by atoms with van der Waals surface area (Å²) < 4.78 is 37.8. The molecule has 1 aliphatic heterocycles. The molecule has 2 rings (SSSR count). The Morgan fingerprint density at radius 3 is 2.68 bits per heavy atom. The first-order valence-corrected chi connectivity index (χ1v) is 6.05. The van der Waals surface area contributed by atoms with E-state index in [1.165, 1.54) is 0 Å². The zero-order chi connectivity index (χ0) is 14.0. The highest BCUT2D eigenvalue weighted by atomic mass is 19.4. The van der Waals surface area contributed by atoms with Crippen molar-refractivity contribution in [2.24, 2.45) is 0 Å². The van der Waals surface area contributed by atoms with Crippen LogP contribution in [0, 0.1) is 6.92 Å². The van der Waals surface area contributed by atoms with Gasteiger partial charge in [0.2, 0.25) is 0 Å². The predicted molar refractivity (Wildman–Crippen MR) is 64.6 cm³/mol. The first kappa shape index (κ1) is 13.9. The maximum Gasteiger partial charge on any atom is 0.471 e. The molecule has 0 saturated carbocycles. The summed E-state index contributed by atoms with van der Waals surface area (Å²) in [5.41, 5.74) is 1.64. The fourth-order valence-electron chi connectivity index (χ4n) is 2.35. The van der Waals surface area contributed by atoms with Gasteiger partial charge in [0.05, 0.1) is 6.04 Å². The Labute approximate surface area is 109 Å². The number of nitrogens with zero attached hydrogens (tertiary/aromatic N) is 1. The number of hydrogen-bond acceptors (Lipinski definition) is 2. The minimum Gasteiger partial charge on any atom is -0.325 e. The quantitative estimate of drug-likeness (QED) is 0.848. The highest BCUT2D eigenvalue weighted by Gasteiger charge is 2.45. The van der Waals surface area contributed by atoms with Crippen LogP contribution < -0.4 is 5.32 Å². The van der Waals surface area contributed by atoms with E-state index in [0.717, 1.165) is 16.0 Å². The van der Waals surface area contributed by atoms with Crippen LogP contribution >= 0.6 is 0 Å². The van der Waals surface area contributed by atoms with Crippen molar-refractivity contribution < 1.29 is 18.0 Å². The van der Waals surface area contributed by atoms with Crippen molar-refractivity contribution in [3.8, 4) is 0 Å². The lowest BCUT2D eigenvalue weighted by Gasteiger charge is -2.37. The molecule has 104 valence electrons. The SMILES string of the molecule is Cc1ccccc1C1CNCCN1C(=O)C(F)(F)F. The van der Waals surface area contributed by atoms with Crippen LogP contribution in [0.15, 0.2) is 24.3 Å². The van der Waals surface area contributed by atoms with E-state index >= 15 is 0 Å². The molecule has 19 heavy (non-hydrogen) atoms. The van der Waals surface area contributed by atoms with Crippen LogP contribution in [-0.2, 0) is 4.79 Å². The van der Waals surface area contributed by atoms with Gasteiger partial charge < -0.3 is 10.2 Å². The lowest BCUT2D eigenvalue weighted by Crippen LogP contribution is -2.52. The maximum atomic E-state index is 12.6. The normalized spacial score (nSPS) is 20.4. The number of alkyl halides is 3. The average molecular weight is 272 g/mol. The van der Waals surface area contributed by atoms with E-state index in [2.05, 4.69) is 5.32 Å². The molecule has 0 spiro atoms. The third-order valence-corrected chi connectivity index (χ3v) is 3.29. The number of aryl methyl sites for hydroxylation is 1. The second-order valence-electron chi connectivity index (χ2n) is 4.57. The first-order valence-electron chi connectivity index (χ1n) is 6.05. The molecule has 3 nitrogen and oxygen atoms in total. The molecule has 0 aromatic heterocycles. The molecule has 1 heterocycles. The van der Waals surface area contributed by atoms with Gasteiger partial charge in [-0.25, -0.2) is 0 Å². The van der Waals surface area contributed by atoms with Gasteiger partial charge in [0.1, 0.15) is 0 Å². The van der Waals surface area contributed by atoms with E-state index < -0.39 is 18.1 Å². The summed E-state index contributed by atoms with van der Waals surface area (Å²) in [5, 5.41) is 3.04. The Morgan fingerprint density at radius 2 is 2.05 bits per heavy atom. The Balaban J connectivity index is 2.32. The molecule has 1 atom stereocenters. The maximum absolute atomic E-state index is 12.6. The average Bonchev–Trinajstić information content (AvgIpc) is 2.37. The third-order valence-electron chi connectivity index (χ3n) is 3.29. The van der Waals surface area contributed by atoms with Gasteiger partial charge in [-0.2, -0.15) is 13.2 Å². The Hall–Kier alpha value is -1.56. The summed E-state index contributed by atoms with van der Waals surface area (Å²) >= 11 is 0. The van der Waals surface area contributed by atoms with Crippen LogP contribution in [-0.4, -0.2) is 36.6 Å². The van der Waals surface area contributed by atoms with Gasteiger partial charge in [0.15, 0.2) is 0 Å². The van der Waals surface area contributed by atoms with Crippen molar-refractivity contribution in [1.82, 2.24) is 10.2 Å². The summed E-state index contributed by atoms with van der Waals surface area (Å²) in [6.45, 7) is 2.62. The van der Waals surface area contributed by atoms with Gasteiger partial charge >= 0.3 is 12.1 Å². The summed E-state index contributed by atoms with van der Waals surface area (Å²) in [5.74, 6) is -1.76. The zero-order valence-electron chi connectivity index (χ0n) is 10.5. The van der Waals surface area contributed by atoms with Crippen LogP contribution in [0.4, 0.5) is 13.2 Å². The van der Waals surface area contributed by atoms with E-state index in [1.807, 2.05) is 19.1 Å². The lowest BCUT2D eigenvalue weighted by atomic mass is 9.98. The number of benzene rings is 1. The largest absolute Gasteiger partial charge is 0.471 e. The van der Waals surface area contributed by atoms with E-state index in [1.54, 1.807) is 12.1 Å². The number of nitrogens with one attached hydrogen (secondary N) is 1. The molecule has 0 bridgehead atoms. The van der Waals surface area contributed by atoms with Crippen LogP contribution in [0.5, 0.6) is 0 Å². The molecule has 1 N–H and O–H groups in total. The smallest absolute Gasteiger partial charge is 0.325 e. The minimum absolute atomic E-state index is 0.0668. The lowest BCUT2D eigenvalue weighted by molar-refractivity contribution is -0.188. The summed E-state index contributed by atoms with van der Waals surface area (Å²) in [4.78, 5) is 12.4.